The number of urea groups is 1. The maximum absolute atomic E-state index is 12.3. The summed E-state index contributed by atoms with van der Waals surface area (Å²) in [5.41, 5.74) is 1.44. The van der Waals surface area contributed by atoms with Gasteiger partial charge in [0.2, 0.25) is 5.91 Å². The van der Waals surface area contributed by atoms with Crippen molar-refractivity contribution in [1.82, 2.24) is 15.3 Å². The summed E-state index contributed by atoms with van der Waals surface area (Å²) in [6.07, 6.45) is 5.45. The van der Waals surface area contributed by atoms with E-state index in [1.54, 1.807) is 25.4 Å². The fourth-order valence-corrected chi connectivity index (χ4v) is 2.55. The number of amides is 3. The van der Waals surface area contributed by atoms with Gasteiger partial charge in [0.05, 0.1) is 23.6 Å². The number of nitrogens with one attached hydrogen (secondary N) is 2. The third-order valence-electron chi connectivity index (χ3n) is 4.21. The number of carbonyl (C=O) groups excluding carboxylic acids is 2. The third-order valence-corrected chi connectivity index (χ3v) is 4.21. The van der Waals surface area contributed by atoms with E-state index in [0.29, 0.717) is 17.4 Å². The highest BCUT2D eigenvalue weighted by Gasteiger charge is 2.34. The van der Waals surface area contributed by atoms with E-state index in [1.165, 1.54) is 18.0 Å². The number of pyridine rings is 2. The SMILES string of the molecule is CC(=O)N(C)c1ccc(NC(=O)NC(c2ccccn2)C2CC2)cn1. The summed E-state index contributed by atoms with van der Waals surface area (Å²) in [4.78, 5) is 33.6. The smallest absolute Gasteiger partial charge is 0.319 e. The van der Waals surface area contributed by atoms with Gasteiger partial charge in [-0.2, -0.15) is 0 Å². The monoisotopic (exact) mass is 339 g/mol. The summed E-state index contributed by atoms with van der Waals surface area (Å²) in [6, 6.07) is 8.73. The fourth-order valence-electron chi connectivity index (χ4n) is 2.55. The zero-order valence-electron chi connectivity index (χ0n) is 14.3. The molecule has 1 aliphatic rings. The van der Waals surface area contributed by atoms with E-state index in [1.807, 2.05) is 18.2 Å². The molecule has 1 saturated carbocycles. The molecule has 0 spiro atoms. The molecule has 0 aliphatic heterocycles. The van der Waals surface area contributed by atoms with Gasteiger partial charge >= 0.3 is 6.03 Å². The lowest BCUT2D eigenvalue weighted by Crippen LogP contribution is -2.34. The molecule has 1 fully saturated rings. The normalized spacial score (nSPS) is 14.5. The Morgan fingerprint density at radius 1 is 1.20 bits per heavy atom. The fraction of sp³-hybridized carbons (Fsp3) is 0.333. The number of anilines is 2. The number of rotatable bonds is 5. The van der Waals surface area contributed by atoms with Gasteiger partial charge < -0.3 is 15.5 Å². The van der Waals surface area contributed by atoms with Crippen molar-refractivity contribution in [3.8, 4) is 0 Å². The van der Waals surface area contributed by atoms with Gasteiger partial charge in [-0.3, -0.25) is 9.78 Å². The average molecular weight is 339 g/mol. The molecule has 2 aromatic rings. The standard InChI is InChI=1S/C18H21N5O2/c1-12(24)23(2)16-9-8-14(11-20-16)21-18(25)22-17(13-6-7-13)15-5-3-4-10-19-15/h3-5,8-11,13,17H,6-7H2,1-2H3,(H2,21,22,25). The number of hydrogen-bond donors (Lipinski definition) is 2. The van der Waals surface area contributed by atoms with Crippen molar-refractivity contribution in [2.75, 3.05) is 17.3 Å². The van der Waals surface area contributed by atoms with Crippen molar-refractivity contribution < 1.29 is 9.59 Å². The lowest BCUT2D eigenvalue weighted by molar-refractivity contribution is -0.116. The van der Waals surface area contributed by atoms with Crippen LogP contribution >= 0.6 is 0 Å². The van der Waals surface area contributed by atoms with Gasteiger partial charge in [0.1, 0.15) is 5.82 Å². The highest BCUT2D eigenvalue weighted by Crippen LogP contribution is 2.40. The Balaban J connectivity index is 1.62. The molecule has 3 rings (SSSR count). The van der Waals surface area contributed by atoms with Crippen LogP contribution in [0.4, 0.5) is 16.3 Å². The first-order valence-electron chi connectivity index (χ1n) is 8.23. The van der Waals surface area contributed by atoms with Crippen molar-refractivity contribution in [2.45, 2.75) is 25.8 Å². The topological polar surface area (TPSA) is 87.2 Å². The minimum atomic E-state index is -0.294. The van der Waals surface area contributed by atoms with Crippen LogP contribution in [-0.2, 0) is 4.79 Å². The molecule has 3 amide bonds. The van der Waals surface area contributed by atoms with Crippen LogP contribution in [0.15, 0.2) is 42.7 Å². The molecule has 0 bridgehead atoms. The second-order valence-corrected chi connectivity index (χ2v) is 6.15. The number of aromatic nitrogens is 2. The first-order valence-corrected chi connectivity index (χ1v) is 8.23. The highest BCUT2D eigenvalue weighted by molar-refractivity contribution is 5.91. The quantitative estimate of drug-likeness (QED) is 0.877. The molecular weight excluding hydrogens is 318 g/mol. The molecule has 2 aromatic heterocycles. The molecule has 7 heteroatoms. The van der Waals surface area contributed by atoms with Gasteiger partial charge in [0.25, 0.3) is 0 Å². The van der Waals surface area contributed by atoms with E-state index in [4.69, 9.17) is 0 Å². The zero-order valence-corrected chi connectivity index (χ0v) is 14.3. The van der Waals surface area contributed by atoms with Gasteiger partial charge in [-0.15, -0.1) is 0 Å². The lowest BCUT2D eigenvalue weighted by Gasteiger charge is -2.18. The molecule has 7 nitrogen and oxygen atoms in total. The Labute approximate surface area is 146 Å². The Hall–Kier alpha value is -2.96. The Kier molecular flexibility index (Phi) is 4.92. The lowest BCUT2D eigenvalue weighted by atomic mass is 10.1. The average Bonchev–Trinajstić information content (AvgIpc) is 3.45. The van der Waals surface area contributed by atoms with E-state index in [0.717, 1.165) is 18.5 Å². The van der Waals surface area contributed by atoms with Crippen LogP contribution in [0.5, 0.6) is 0 Å². The molecule has 2 heterocycles. The summed E-state index contributed by atoms with van der Waals surface area (Å²) in [5.74, 6) is 0.863. The molecule has 0 radical (unpaired) electrons. The maximum atomic E-state index is 12.3. The predicted octanol–water partition coefficient (Wildman–Crippen LogP) is 2.73. The molecule has 0 saturated heterocycles. The molecule has 130 valence electrons. The number of carbonyl (C=O) groups is 2. The van der Waals surface area contributed by atoms with Crippen molar-refractivity contribution in [1.29, 1.82) is 0 Å². The van der Waals surface area contributed by atoms with Crippen LogP contribution in [0.25, 0.3) is 0 Å². The Morgan fingerprint density at radius 2 is 2.00 bits per heavy atom. The van der Waals surface area contributed by atoms with Crippen LogP contribution in [0, 0.1) is 5.92 Å². The van der Waals surface area contributed by atoms with E-state index in [-0.39, 0.29) is 18.0 Å². The van der Waals surface area contributed by atoms with E-state index in [2.05, 4.69) is 20.6 Å². The summed E-state index contributed by atoms with van der Waals surface area (Å²) in [6.45, 7) is 1.47. The highest BCUT2D eigenvalue weighted by atomic mass is 16.2. The zero-order chi connectivity index (χ0) is 17.8. The maximum Gasteiger partial charge on any atom is 0.319 e. The van der Waals surface area contributed by atoms with E-state index in [9.17, 15) is 9.59 Å². The minimum absolute atomic E-state index is 0.0859. The minimum Gasteiger partial charge on any atom is -0.329 e. The van der Waals surface area contributed by atoms with Crippen LogP contribution in [0.2, 0.25) is 0 Å². The van der Waals surface area contributed by atoms with E-state index < -0.39 is 0 Å². The van der Waals surface area contributed by atoms with Crippen LogP contribution < -0.4 is 15.5 Å². The molecule has 2 N–H and O–H groups in total. The molecule has 1 atom stereocenters. The third kappa shape index (κ3) is 4.32. The van der Waals surface area contributed by atoms with E-state index >= 15 is 0 Å². The predicted molar refractivity (Wildman–Crippen MR) is 95.2 cm³/mol. The second kappa shape index (κ2) is 7.29. The van der Waals surface area contributed by atoms with Crippen LogP contribution in [0.1, 0.15) is 31.5 Å². The van der Waals surface area contributed by atoms with Gasteiger partial charge in [-0.1, -0.05) is 6.07 Å². The second-order valence-electron chi connectivity index (χ2n) is 6.15. The molecule has 25 heavy (non-hydrogen) atoms. The van der Waals surface area contributed by atoms with Crippen molar-refractivity contribution in [3.63, 3.8) is 0 Å². The first-order chi connectivity index (χ1) is 12.0. The molecule has 0 aromatic carbocycles. The van der Waals surface area contributed by atoms with Gasteiger partial charge in [-0.05, 0) is 43.0 Å². The largest absolute Gasteiger partial charge is 0.329 e. The van der Waals surface area contributed by atoms with Crippen LogP contribution in [0.3, 0.4) is 0 Å². The molecule has 1 aliphatic carbocycles. The Bertz CT molecular complexity index is 744. The van der Waals surface area contributed by atoms with Crippen molar-refractivity contribution in [3.05, 3.63) is 48.4 Å². The Morgan fingerprint density at radius 3 is 2.56 bits per heavy atom. The molecular formula is C18H21N5O2. The van der Waals surface area contributed by atoms with Gasteiger partial charge in [-0.25, -0.2) is 9.78 Å². The molecule has 1 unspecified atom stereocenters. The van der Waals surface area contributed by atoms with Gasteiger partial charge in [0.15, 0.2) is 0 Å². The summed E-state index contributed by atoms with van der Waals surface area (Å²) in [5, 5.41) is 5.77. The number of nitrogens with zero attached hydrogens (tertiary/aromatic N) is 3. The summed E-state index contributed by atoms with van der Waals surface area (Å²) >= 11 is 0. The van der Waals surface area contributed by atoms with Crippen molar-refractivity contribution in [2.24, 2.45) is 5.92 Å². The summed E-state index contributed by atoms with van der Waals surface area (Å²) in [7, 11) is 1.65. The summed E-state index contributed by atoms with van der Waals surface area (Å²) < 4.78 is 0. The van der Waals surface area contributed by atoms with Gasteiger partial charge in [0, 0.05) is 20.2 Å². The van der Waals surface area contributed by atoms with Crippen LogP contribution in [-0.4, -0.2) is 29.0 Å². The number of hydrogen-bond acceptors (Lipinski definition) is 4. The first kappa shape index (κ1) is 16.9. The van der Waals surface area contributed by atoms with Crippen molar-refractivity contribution >= 4 is 23.4 Å².